The molecule has 0 heterocycles. The van der Waals surface area contributed by atoms with Crippen LogP contribution in [0.3, 0.4) is 0 Å². The lowest BCUT2D eigenvalue weighted by Crippen LogP contribution is -1.97. The lowest BCUT2D eigenvalue weighted by Gasteiger charge is -2.09. The minimum atomic E-state index is -2.66. The molecule has 1 unspecified atom stereocenters. The number of hydrogen-bond donors (Lipinski definition) is 0. The molecule has 0 N–H and O–H groups in total. The normalized spacial score (nSPS) is 12.4. The first-order valence-corrected chi connectivity index (χ1v) is 6.71. The van der Waals surface area contributed by atoms with Gasteiger partial charge >= 0.3 is 0 Å². The molecule has 2 aliphatic carbocycles. The van der Waals surface area contributed by atoms with Gasteiger partial charge in [0.05, 0.1) is 0 Å². The van der Waals surface area contributed by atoms with E-state index in [0.29, 0.717) is 17.4 Å². The van der Waals surface area contributed by atoms with Crippen LogP contribution in [0.2, 0.25) is 0 Å². The molecular weight excluding hydrogens is 264 g/mol. The summed E-state index contributed by atoms with van der Waals surface area (Å²) in [6, 6.07) is 5.35. The molecule has 0 aromatic heterocycles. The Balaban J connectivity index is 2.83. The van der Waals surface area contributed by atoms with Crippen molar-refractivity contribution in [3.8, 4) is 16.9 Å². The number of fused-ring (bicyclic) bond motifs is 1. The molecule has 0 aliphatic heterocycles. The lowest BCUT2D eigenvalue weighted by atomic mass is 10.0. The topological polar surface area (TPSA) is 66.4 Å². The van der Waals surface area contributed by atoms with Gasteiger partial charge in [-0.15, -0.1) is 0 Å². The minimum Gasteiger partial charge on any atom is -0.740 e. The van der Waals surface area contributed by atoms with Crippen molar-refractivity contribution in [1.29, 1.82) is 0 Å². The van der Waals surface area contributed by atoms with Crippen LogP contribution in [0.5, 0.6) is 5.75 Å². The zero-order valence-electron chi connectivity index (χ0n) is 10.9. The Hall–Kier alpha value is -1.72. The van der Waals surface area contributed by atoms with Gasteiger partial charge in [-0.25, -0.2) is 4.21 Å². The smallest absolute Gasteiger partial charge is 0.150 e. The molecule has 0 amide bonds. The van der Waals surface area contributed by atoms with E-state index >= 15 is 0 Å². The number of carbonyl (C=O) groups is 1. The molecular formula is C14H13O4S-. The second-order valence-corrected chi connectivity index (χ2v) is 5.09. The summed E-state index contributed by atoms with van der Waals surface area (Å²) < 4.78 is 26.3. The molecule has 0 spiro atoms. The molecule has 0 bridgehead atoms. The van der Waals surface area contributed by atoms with Gasteiger partial charge in [0, 0.05) is 11.1 Å². The molecule has 2 aliphatic rings. The summed E-state index contributed by atoms with van der Waals surface area (Å²) >= 11 is -2.66. The number of aryl methyl sites for hydroxylation is 3. The van der Waals surface area contributed by atoms with Crippen LogP contribution in [0.4, 0.5) is 0 Å². The Morgan fingerprint density at radius 1 is 1.11 bits per heavy atom. The maximum atomic E-state index is 11.2. The van der Waals surface area contributed by atoms with Crippen LogP contribution in [-0.4, -0.2) is 15.0 Å². The van der Waals surface area contributed by atoms with Gasteiger partial charge in [0.15, 0.2) is 6.29 Å². The van der Waals surface area contributed by atoms with Gasteiger partial charge in [0.25, 0.3) is 0 Å². The van der Waals surface area contributed by atoms with Gasteiger partial charge in [-0.05, 0) is 43.5 Å². The van der Waals surface area contributed by atoms with Crippen molar-refractivity contribution in [2.45, 2.75) is 20.8 Å². The number of hydrogen-bond acceptors (Lipinski definition) is 4. The highest BCUT2D eigenvalue weighted by molar-refractivity contribution is 7.74. The highest BCUT2D eigenvalue weighted by Gasteiger charge is 2.21. The molecule has 1 atom stereocenters. The quantitative estimate of drug-likeness (QED) is 0.639. The molecule has 0 saturated carbocycles. The molecule has 19 heavy (non-hydrogen) atoms. The predicted octanol–water partition coefficient (Wildman–Crippen LogP) is 2.70. The Labute approximate surface area is 114 Å². The largest absolute Gasteiger partial charge is 0.740 e. The van der Waals surface area contributed by atoms with Crippen LogP contribution >= 0.6 is 0 Å². The average Bonchev–Trinajstić information content (AvgIpc) is 2.60. The number of carbonyl (C=O) groups excluding carboxylic acids is 1. The Bertz CT molecular complexity index is 649. The van der Waals surface area contributed by atoms with Crippen LogP contribution in [0.1, 0.15) is 27.0 Å². The molecule has 100 valence electrons. The fourth-order valence-electron chi connectivity index (χ4n) is 2.47. The summed E-state index contributed by atoms with van der Waals surface area (Å²) in [6.45, 7) is 5.70. The van der Waals surface area contributed by atoms with Crippen molar-refractivity contribution < 1.29 is 17.7 Å². The van der Waals surface area contributed by atoms with Crippen LogP contribution in [0.25, 0.3) is 11.1 Å². The minimum absolute atomic E-state index is 0.196. The van der Waals surface area contributed by atoms with Gasteiger partial charge in [-0.3, -0.25) is 4.79 Å². The first kappa shape index (κ1) is 13.7. The number of aldehydes is 1. The number of rotatable bonds is 3. The van der Waals surface area contributed by atoms with E-state index in [4.69, 9.17) is 4.18 Å². The summed E-state index contributed by atoms with van der Waals surface area (Å²) in [6.07, 6.45) is 0.713. The third-order valence-corrected chi connectivity index (χ3v) is 3.35. The highest BCUT2D eigenvalue weighted by Crippen LogP contribution is 2.41. The van der Waals surface area contributed by atoms with Crippen LogP contribution < -0.4 is 4.18 Å². The maximum absolute atomic E-state index is 11.2. The zero-order valence-corrected chi connectivity index (χ0v) is 11.7. The third-order valence-electron chi connectivity index (χ3n) is 3.03. The van der Waals surface area contributed by atoms with Crippen molar-refractivity contribution in [1.82, 2.24) is 0 Å². The fraction of sp³-hybridized carbons (Fsp3) is 0.214. The van der Waals surface area contributed by atoms with Crippen molar-refractivity contribution in [3.63, 3.8) is 0 Å². The van der Waals surface area contributed by atoms with Crippen molar-refractivity contribution in [2.24, 2.45) is 0 Å². The summed E-state index contributed by atoms with van der Waals surface area (Å²) in [7, 11) is 0. The second-order valence-electron chi connectivity index (χ2n) is 4.52. The average molecular weight is 277 g/mol. The van der Waals surface area contributed by atoms with Crippen molar-refractivity contribution in [3.05, 3.63) is 40.5 Å². The van der Waals surface area contributed by atoms with Gasteiger partial charge in [0.2, 0.25) is 0 Å². The van der Waals surface area contributed by atoms with Gasteiger partial charge in [-0.2, -0.15) is 0 Å². The van der Waals surface area contributed by atoms with Crippen molar-refractivity contribution >= 4 is 17.6 Å². The Morgan fingerprint density at radius 3 is 2.21 bits per heavy atom. The second kappa shape index (κ2) is 5.11. The van der Waals surface area contributed by atoms with E-state index in [1.807, 2.05) is 32.9 Å². The maximum Gasteiger partial charge on any atom is 0.150 e. The summed E-state index contributed by atoms with van der Waals surface area (Å²) in [5, 5.41) is 0. The van der Waals surface area contributed by atoms with Crippen LogP contribution in [0, 0.1) is 20.8 Å². The van der Waals surface area contributed by atoms with Gasteiger partial charge in [-0.1, -0.05) is 17.7 Å². The van der Waals surface area contributed by atoms with E-state index in [0.717, 1.165) is 22.3 Å². The molecule has 4 nitrogen and oxygen atoms in total. The van der Waals surface area contributed by atoms with E-state index in [1.54, 1.807) is 0 Å². The monoisotopic (exact) mass is 277 g/mol. The van der Waals surface area contributed by atoms with Gasteiger partial charge < -0.3 is 8.74 Å². The molecule has 0 aromatic rings. The first-order valence-electron chi connectivity index (χ1n) is 5.71. The SMILES string of the molecule is Cc1cc(C)c2c(C=O)cc(OS(=O)[O-])c-2c(C)c1. The summed E-state index contributed by atoms with van der Waals surface area (Å²) in [5.41, 5.74) is 4.66. The molecule has 0 radical (unpaired) electrons. The van der Waals surface area contributed by atoms with E-state index in [2.05, 4.69) is 0 Å². The van der Waals surface area contributed by atoms with E-state index in [9.17, 15) is 13.6 Å². The molecule has 0 fully saturated rings. The Kier molecular flexibility index (Phi) is 3.68. The Morgan fingerprint density at radius 2 is 1.68 bits per heavy atom. The van der Waals surface area contributed by atoms with E-state index in [1.165, 1.54) is 6.07 Å². The molecule has 5 heteroatoms. The standard InChI is InChI=1S/C14H14O4S/c1-8-4-9(2)13-11(7-15)6-12(18-19(16)17)14(13)10(3)5-8/h4-7H,1-3H3,(H,16,17)/p-1. The summed E-state index contributed by atoms with van der Waals surface area (Å²) in [5.74, 6) is 0.196. The van der Waals surface area contributed by atoms with Crippen molar-refractivity contribution in [2.75, 3.05) is 0 Å². The molecule has 0 aromatic carbocycles. The molecule has 2 rings (SSSR count). The zero-order chi connectivity index (χ0) is 14.2. The fourth-order valence-corrected chi connectivity index (χ4v) is 2.75. The first-order chi connectivity index (χ1) is 8.93. The van der Waals surface area contributed by atoms with Crippen LogP contribution in [-0.2, 0) is 11.4 Å². The van der Waals surface area contributed by atoms with E-state index < -0.39 is 11.4 Å². The third kappa shape index (κ3) is 2.52. The predicted molar refractivity (Wildman–Crippen MR) is 72.2 cm³/mol. The summed E-state index contributed by atoms with van der Waals surface area (Å²) in [4.78, 5) is 11.2. The highest BCUT2D eigenvalue weighted by atomic mass is 32.2. The lowest BCUT2D eigenvalue weighted by molar-refractivity contribution is 0.112. The van der Waals surface area contributed by atoms with Crippen LogP contribution in [0.15, 0.2) is 18.2 Å². The molecule has 0 saturated heterocycles. The van der Waals surface area contributed by atoms with Gasteiger partial charge in [0.1, 0.15) is 17.1 Å². The van der Waals surface area contributed by atoms with E-state index in [-0.39, 0.29) is 5.75 Å².